The monoisotopic (exact) mass is 482 g/mol. The van der Waals surface area contributed by atoms with Gasteiger partial charge < -0.3 is 14.2 Å². The van der Waals surface area contributed by atoms with E-state index in [2.05, 4.69) is 10.2 Å². The van der Waals surface area contributed by atoms with Crippen LogP contribution in [0.4, 0.5) is 13.2 Å². The highest BCUT2D eigenvalue weighted by atomic mass is 19.4. The lowest BCUT2D eigenvalue weighted by molar-refractivity contribution is -0.143. The van der Waals surface area contributed by atoms with Gasteiger partial charge in [-0.1, -0.05) is 0 Å². The second-order valence-electron chi connectivity index (χ2n) is 6.42. The number of H-pyrrole nitrogens is 1. The topological polar surface area (TPSA) is 149 Å². The SMILES string of the molecule is COc1cc(C(=O)NNC(=O)c2cnn(-c3ccc(=O)[nH]n3)c2C(F)(F)F)cc(OC)c1OC. The number of hydrazine groups is 1. The summed E-state index contributed by atoms with van der Waals surface area (Å²) < 4.78 is 56.9. The first-order chi connectivity index (χ1) is 16.1. The Morgan fingerprint density at radius 1 is 1.00 bits per heavy atom. The predicted octanol–water partition coefficient (Wildman–Crippen LogP) is 1.07. The summed E-state index contributed by atoms with van der Waals surface area (Å²) >= 11 is 0. The maximum atomic E-state index is 13.7. The quantitative estimate of drug-likeness (QED) is 0.442. The molecule has 0 fully saturated rings. The third-order valence-corrected chi connectivity index (χ3v) is 4.38. The van der Waals surface area contributed by atoms with Crippen LogP contribution < -0.4 is 30.6 Å². The maximum Gasteiger partial charge on any atom is 0.434 e. The second kappa shape index (κ2) is 9.51. The van der Waals surface area contributed by atoms with Crippen LogP contribution >= 0.6 is 0 Å². The van der Waals surface area contributed by atoms with Crippen LogP contribution in [-0.4, -0.2) is 53.1 Å². The molecule has 0 bridgehead atoms. The Bertz CT molecular complexity index is 1240. The van der Waals surface area contributed by atoms with Crippen molar-refractivity contribution in [2.75, 3.05) is 21.3 Å². The number of aromatic amines is 1. The molecular weight excluding hydrogens is 465 g/mol. The van der Waals surface area contributed by atoms with Gasteiger partial charge in [-0.25, -0.2) is 9.78 Å². The van der Waals surface area contributed by atoms with Gasteiger partial charge in [0.25, 0.3) is 17.4 Å². The highest BCUT2D eigenvalue weighted by Crippen LogP contribution is 2.38. The lowest BCUT2D eigenvalue weighted by atomic mass is 10.1. The zero-order valence-electron chi connectivity index (χ0n) is 17.8. The summed E-state index contributed by atoms with van der Waals surface area (Å²) in [5.74, 6) is -2.06. The smallest absolute Gasteiger partial charge is 0.434 e. The Morgan fingerprint density at radius 3 is 2.12 bits per heavy atom. The number of nitrogens with zero attached hydrogens (tertiary/aromatic N) is 3. The van der Waals surface area contributed by atoms with Gasteiger partial charge in [0.2, 0.25) is 5.75 Å². The number of carbonyl (C=O) groups excluding carboxylic acids is 2. The van der Waals surface area contributed by atoms with Crippen LogP contribution in [0, 0.1) is 0 Å². The zero-order chi connectivity index (χ0) is 25.0. The molecule has 2 aromatic heterocycles. The molecule has 34 heavy (non-hydrogen) atoms. The van der Waals surface area contributed by atoms with Crippen molar-refractivity contribution in [3.05, 3.63) is 57.6 Å². The van der Waals surface area contributed by atoms with E-state index in [1.165, 1.54) is 33.5 Å². The number of carbonyl (C=O) groups is 2. The summed E-state index contributed by atoms with van der Waals surface area (Å²) in [6, 6.07) is 4.50. The van der Waals surface area contributed by atoms with Crippen LogP contribution in [-0.2, 0) is 6.18 Å². The minimum Gasteiger partial charge on any atom is -0.493 e. The minimum absolute atomic E-state index is 0.0426. The van der Waals surface area contributed by atoms with E-state index >= 15 is 0 Å². The Morgan fingerprint density at radius 2 is 1.62 bits per heavy atom. The Kier molecular flexibility index (Phi) is 6.74. The molecule has 3 rings (SSSR count). The van der Waals surface area contributed by atoms with Gasteiger partial charge in [-0.15, -0.1) is 0 Å². The number of aromatic nitrogens is 4. The molecule has 0 radical (unpaired) electrons. The molecule has 0 aliphatic rings. The van der Waals surface area contributed by atoms with Gasteiger partial charge in [0.15, 0.2) is 23.0 Å². The van der Waals surface area contributed by atoms with Crippen molar-refractivity contribution >= 4 is 11.8 Å². The molecule has 3 aromatic rings. The first-order valence-corrected chi connectivity index (χ1v) is 9.22. The average molecular weight is 482 g/mol. The van der Waals surface area contributed by atoms with Gasteiger partial charge in [-0.2, -0.15) is 23.4 Å². The minimum atomic E-state index is -5.03. The lowest BCUT2D eigenvalue weighted by Crippen LogP contribution is -2.42. The summed E-state index contributed by atoms with van der Waals surface area (Å²) in [5, 5.41) is 9.01. The number of nitrogens with one attached hydrogen (secondary N) is 3. The molecular formula is C19H17F3N6O6. The Balaban J connectivity index is 1.86. The van der Waals surface area contributed by atoms with Gasteiger partial charge >= 0.3 is 6.18 Å². The zero-order valence-corrected chi connectivity index (χ0v) is 17.8. The fourth-order valence-corrected chi connectivity index (χ4v) is 2.88. The van der Waals surface area contributed by atoms with Crippen molar-refractivity contribution in [1.82, 2.24) is 30.8 Å². The number of amides is 2. The van der Waals surface area contributed by atoms with Gasteiger partial charge in [-0.05, 0) is 18.2 Å². The number of methoxy groups -OCH3 is 3. The van der Waals surface area contributed by atoms with Crippen LogP contribution in [0.3, 0.4) is 0 Å². The van der Waals surface area contributed by atoms with E-state index in [-0.39, 0.29) is 28.6 Å². The number of hydrogen-bond acceptors (Lipinski definition) is 8. The molecule has 15 heteroatoms. The van der Waals surface area contributed by atoms with Gasteiger partial charge in [-0.3, -0.25) is 25.2 Å². The Labute approximate surface area is 188 Å². The predicted molar refractivity (Wildman–Crippen MR) is 108 cm³/mol. The first-order valence-electron chi connectivity index (χ1n) is 9.22. The summed E-state index contributed by atoms with van der Waals surface area (Å²) in [4.78, 5) is 36.1. The molecule has 12 nitrogen and oxygen atoms in total. The molecule has 0 atom stereocenters. The number of hydrogen-bond donors (Lipinski definition) is 3. The average Bonchev–Trinajstić information content (AvgIpc) is 3.27. The molecule has 0 saturated carbocycles. The maximum absolute atomic E-state index is 13.7. The molecule has 0 spiro atoms. The fraction of sp³-hybridized carbons (Fsp3) is 0.211. The lowest BCUT2D eigenvalue weighted by Gasteiger charge is -2.14. The number of benzene rings is 1. The van der Waals surface area contributed by atoms with Gasteiger partial charge in [0.05, 0.1) is 33.1 Å². The largest absolute Gasteiger partial charge is 0.493 e. The van der Waals surface area contributed by atoms with E-state index in [1.54, 1.807) is 0 Å². The molecule has 2 heterocycles. The van der Waals surface area contributed by atoms with Crippen LogP contribution in [0.1, 0.15) is 26.4 Å². The number of alkyl halides is 3. The number of ether oxygens (including phenoxy) is 3. The standard InChI is InChI=1S/C19H17F3N6O6/c1-32-11-6-9(7-12(33-2)15(11)34-3)17(30)26-27-18(31)10-8-23-28(16(10)19(20,21)22)13-4-5-14(29)25-24-13/h4-8H,1-3H3,(H,25,29)(H,26,30)(H,27,31). The van der Waals surface area contributed by atoms with E-state index < -0.39 is 34.8 Å². The molecule has 1 aromatic carbocycles. The summed E-state index contributed by atoms with van der Waals surface area (Å²) in [5.41, 5.74) is 0.871. The van der Waals surface area contributed by atoms with Crippen LogP contribution in [0.2, 0.25) is 0 Å². The third-order valence-electron chi connectivity index (χ3n) is 4.38. The number of halogens is 3. The van der Waals surface area contributed by atoms with E-state index in [0.29, 0.717) is 10.9 Å². The van der Waals surface area contributed by atoms with E-state index in [9.17, 15) is 27.6 Å². The van der Waals surface area contributed by atoms with Crippen LogP contribution in [0.25, 0.3) is 5.82 Å². The molecule has 2 amide bonds. The van der Waals surface area contributed by atoms with Crippen molar-refractivity contribution in [3.8, 4) is 23.1 Å². The van der Waals surface area contributed by atoms with E-state index in [0.717, 1.165) is 12.1 Å². The molecule has 0 saturated heterocycles. The van der Waals surface area contributed by atoms with Crippen molar-refractivity contribution in [2.24, 2.45) is 0 Å². The van der Waals surface area contributed by atoms with Crippen molar-refractivity contribution in [2.45, 2.75) is 6.18 Å². The highest BCUT2D eigenvalue weighted by Gasteiger charge is 2.41. The van der Waals surface area contributed by atoms with E-state index in [4.69, 9.17) is 14.2 Å². The van der Waals surface area contributed by atoms with Crippen LogP contribution in [0.5, 0.6) is 17.2 Å². The molecule has 180 valence electrons. The Hall–Kier alpha value is -4.56. The highest BCUT2D eigenvalue weighted by molar-refractivity contribution is 6.00. The van der Waals surface area contributed by atoms with Crippen LogP contribution in [0.15, 0.2) is 35.3 Å². The first kappa shape index (κ1) is 24.1. The van der Waals surface area contributed by atoms with Crippen molar-refractivity contribution < 1.29 is 37.0 Å². The second-order valence-corrected chi connectivity index (χ2v) is 6.42. The summed E-state index contributed by atoms with van der Waals surface area (Å²) in [6.45, 7) is 0. The fourth-order valence-electron chi connectivity index (χ4n) is 2.88. The summed E-state index contributed by atoms with van der Waals surface area (Å²) in [6.07, 6.45) is -4.38. The molecule has 3 N–H and O–H groups in total. The van der Waals surface area contributed by atoms with Crippen molar-refractivity contribution in [1.29, 1.82) is 0 Å². The van der Waals surface area contributed by atoms with Gasteiger partial charge in [0.1, 0.15) is 0 Å². The molecule has 0 aliphatic heterocycles. The van der Waals surface area contributed by atoms with Gasteiger partial charge in [0, 0.05) is 11.6 Å². The van der Waals surface area contributed by atoms with E-state index in [1.807, 2.05) is 16.0 Å². The third kappa shape index (κ3) is 4.77. The normalized spacial score (nSPS) is 11.0. The molecule has 0 aliphatic carbocycles. The number of rotatable bonds is 6. The molecule has 0 unspecified atom stereocenters. The summed E-state index contributed by atoms with van der Waals surface area (Å²) in [7, 11) is 4.02. The van der Waals surface area contributed by atoms with Crippen molar-refractivity contribution in [3.63, 3.8) is 0 Å².